The van der Waals surface area contributed by atoms with Crippen LogP contribution in [0.1, 0.15) is 46.5 Å². The zero-order chi connectivity index (χ0) is 15.1. The second-order valence-electron chi connectivity index (χ2n) is 7.53. The van der Waals surface area contributed by atoms with Crippen molar-refractivity contribution >= 4 is 11.6 Å². The molecule has 1 aliphatic heterocycles. The molecule has 5 nitrogen and oxygen atoms in total. The second-order valence-corrected chi connectivity index (χ2v) is 7.53. The Balaban J connectivity index is 1.75. The Kier molecular flexibility index (Phi) is 3.56. The number of amides is 1. The highest BCUT2D eigenvalue weighted by atomic mass is 16.2. The van der Waals surface area contributed by atoms with Crippen LogP contribution in [0, 0.1) is 11.3 Å². The van der Waals surface area contributed by atoms with E-state index in [1.165, 1.54) is 12.8 Å². The quantitative estimate of drug-likeness (QED) is 0.879. The maximum absolute atomic E-state index is 12.8. The summed E-state index contributed by atoms with van der Waals surface area (Å²) in [6, 6.07) is 0. The van der Waals surface area contributed by atoms with Crippen LogP contribution in [0.15, 0.2) is 12.4 Å². The minimum atomic E-state index is -0.206. The largest absolute Gasteiger partial charge is 0.323 e. The third kappa shape index (κ3) is 2.59. The monoisotopic (exact) mass is 290 g/mol. The van der Waals surface area contributed by atoms with Gasteiger partial charge in [0.2, 0.25) is 5.91 Å². The highest BCUT2D eigenvalue weighted by Gasteiger charge is 2.49. The lowest BCUT2D eigenvalue weighted by Crippen LogP contribution is -2.44. The molecule has 0 bridgehead atoms. The molecule has 2 heterocycles. The Morgan fingerprint density at radius 1 is 1.48 bits per heavy atom. The second kappa shape index (κ2) is 5.13. The van der Waals surface area contributed by atoms with E-state index < -0.39 is 0 Å². The standard InChI is InChI=1S/C16H26N4O/c1-15(2,3)20-10-13(9-18-20)19-14(21)16-7-5-4-6-12(16)8-17-11-16/h9-10,12,17H,4-8,11H2,1-3H3,(H,19,21)/t12-,16+/m0/s1. The number of aromatic nitrogens is 2. The molecule has 1 saturated carbocycles. The van der Waals surface area contributed by atoms with E-state index in [1.54, 1.807) is 6.20 Å². The summed E-state index contributed by atoms with van der Waals surface area (Å²) in [5.41, 5.74) is 0.534. The molecular formula is C16H26N4O. The van der Waals surface area contributed by atoms with Gasteiger partial charge in [0, 0.05) is 12.7 Å². The molecule has 0 unspecified atom stereocenters. The number of nitrogens with one attached hydrogen (secondary N) is 2. The van der Waals surface area contributed by atoms with Crippen molar-refractivity contribution in [2.75, 3.05) is 18.4 Å². The highest BCUT2D eigenvalue weighted by Crippen LogP contribution is 2.44. The Morgan fingerprint density at radius 2 is 2.29 bits per heavy atom. The number of hydrogen-bond donors (Lipinski definition) is 2. The van der Waals surface area contributed by atoms with E-state index in [0.717, 1.165) is 31.6 Å². The van der Waals surface area contributed by atoms with Crippen LogP contribution < -0.4 is 10.6 Å². The highest BCUT2D eigenvalue weighted by molar-refractivity contribution is 5.96. The summed E-state index contributed by atoms with van der Waals surface area (Å²) in [7, 11) is 0. The van der Waals surface area contributed by atoms with Crippen LogP contribution in [0.2, 0.25) is 0 Å². The molecule has 5 heteroatoms. The lowest BCUT2D eigenvalue weighted by Gasteiger charge is -2.36. The molecule has 0 aromatic carbocycles. The summed E-state index contributed by atoms with van der Waals surface area (Å²) < 4.78 is 1.89. The normalized spacial score (nSPS) is 29.2. The van der Waals surface area contributed by atoms with Gasteiger partial charge in [-0.25, -0.2) is 0 Å². The van der Waals surface area contributed by atoms with Gasteiger partial charge in [-0.1, -0.05) is 12.8 Å². The van der Waals surface area contributed by atoms with Crippen molar-refractivity contribution in [2.45, 2.75) is 52.0 Å². The molecule has 116 valence electrons. The van der Waals surface area contributed by atoms with E-state index in [2.05, 4.69) is 36.5 Å². The first-order valence-electron chi connectivity index (χ1n) is 7.99. The molecule has 0 radical (unpaired) electrons. The molecule has 2 aliphatic rings. The Morgan fingerprint density at radius 3 is 3.00 bits per heavy atom. The molecule has 1 aliphatic carbocycles. The molecule has 1 aromatic heterocycles. The van der Waals surface area contributed by atoms with Gasteiger partial charge in [-0.2, -0.15) is 5.10 Å². The molecule has 1 saturated heterocycles. The van der Waals surface area contributed by atoms with Gasteiger partial charge in [-0.05, 0) is 46.1 Å². The van der Waals surface area contributed by atoms with Crippen molar-refractivity contribution in [3.05, 3.63) is 12.4 Å². The maximum Gasteiger partial charge on any atom is 0.232 e. The molecule has 1 amide bonds. The smallest absolute Gasteiger partial charge is 0.232 e. The lowest BCUT2D eigenvalue weighted by atomic mass is 9.67. The third-order valence-electron chi connectivity index (χ3n) is 5.02. The number of nitrogens with zero attached hydrogens (tertiary/aromatic N) is 2. The number of hydrogen-bond acceptors (Lipinski definition) is 3. The summed E-state index contributed by atoms with van der Waals surface area (Å²) >= 11 is 0. The van der Waals surface area contributed by atoms with E-state index in [9.17, 15) is 4.79 Å². The SMILES string of the molecule is CC(C)(C)n1cc(NC(=O)[C@@]23CCCC[C@H]2CNC3)cn1. The van der Waals surface area contributed by atoms with Crippen LogP contribution in [0.5, 0.6) is 0 Å². The van der Waals surface area contributed by atoms with Gasteiger partial charge in [0.15, 0.2) is 0 Å². The van der Waals surface area contributed by atoms with Crippen molar-refractivity contribution < 1.29 is 4.79 Å². The van der Waals surface area contributed by atoms with Crippen molar-refractivity contribution in [3.63, 3.8) is 0 Å². The average molecular weight is 290 g/mol. The van der Waals surface area contributed by atoms with Crippen LogP contribution in [0.4, 0.5) is 5.69 Å². The zero-order valence-electron chi connectivity index (χ0n) is 13.3. The van der Waals surface area contributed by atoms with Crippen LogP contribution in [-0.2, 0) is 10.3 Å². The minimum Gasteiger partial charge on any atom is -0.323 e. The molecular weight excluding hydrogens is 264 g/mol. The average Bonchev–Trinajstić information content (AvgIpc) is 3.04. The van der Waals surface area contributed by atoms with E-state index >= 15 is 0 Å². The van der Waals surface area contributed by atoms with Crippen LogP contribution >= 0.6 is 0 Å². The molecule has 21 heavy (non-hydrogen) atoms. The fourth-order valence-electron chi connectivity index (χ4n) is 3.70. The Labute approximate surface area is 126 Å². The van der Waals surface area contributed by atoms with Crippen molar-refractivity contribution in [2.24, 2.45) is 11.3 Å². The molecule has 0 spiro atoms. The molecule has 2 N–H and O–H groups in total. The third-order valence-corrected chi connectivity index (χ3v) is 5.02. The number of carbonyl (C=O) groups is 1. The number of rotatable bonds is 2. The predicted octanol–water partition coefficient (Wildman–Crippen LogP) is 2.36. The molecule has 2 fully saturated rings. The fourth-order valence-corrected chi connectivity index (χ4v) is 3.70. The summed E-state index contributed by atoms with van der Waals surface area (Å²) in [4.78, 5) is 12.8. The molecule has 2 atom stereocenters. The first-order valence-corrected chi connectivity index (χ1v) is 7.99. The van der Waals surface area contributed by atoms with E-state index in [4.69, 9.17) is 0 Å². The fraction of sp³-hybridized carbons (Fsp3) is 0.750. The van der Waals surface area contributed by atoms with Gasteiger partial charge in [0.25, 0.3) is 0 Å². The minimum absolute atomic E-state index is 0.0659. The number of anilines is 1. The van der Waals surface area contributed by atoms with Crippen LogP contribution in [0.25, 0.3) is 0 Å². The van der Waals surface area contributed by atoms with Crippen LogP contribution in [-0.4, -0.2) is 28.8 Å². The molecule has 3 rings (SSSR count). The van der Waals surface area contributed by atoms with Gasteiger partial charge in [-0.15, -0.1) is 0 Å². The first kappa shape index (κ1) is 14.6. The van der Waals surface area contributed by atoms with Crippen molar-refractivity contribution in [1.82, 2.24) is 15.1 Å². The first-order chi connectivity index (χ1) is 9.92. The van der Waals surface area contributed by atoms with Gasteiger partial charge in [0.1, 0.15) is 0 Å². The number of fused-ring (bicyclic) bond motifs is 1. The van der Waals surface area contributed by atoms with E-state index in [-0.39, 0.29) is 16.9 Å². The summed E-state index contributed by atoms with van der Waals surface area (Å²) in [5, 5.41) is 10.9. The topological polar surface area (TPSA) is 59.0 Å². The van der Waals surface area contributed by atoms with E-state index in [1.807, 2.05) is 10.9 Å². The Bertz CT molecular complexity index is 531. The van der Waals surface area contributed by atoms with Gasteiger partial charge in [-0.3, -0.25) is 9.48 Å². The van der Waals surface area contributed by atoms with Crippen LogP contribution in [0.3, 0.4) is 0 Å². The predicted molar refractivity (Wildman–Crippen MR) is 83.1 cm³/mol. The van der Waals surface area contributed by atoms with Crippen molar-refractivity contribution in [1.29, 1.82) is 0 Å². The van der Waals surface area contributed by atoms with Gasteiger partial charge >= 0.3 is 0 Å². The maximum atomic E-state index is 12.8. The summed E-state index contributed by atoms with van der Waals surface area (Å²) in [5.74, 6) is 0.662. The zero-order valence-corrected chi connectivity index (χ0v) is 13.3. The summed E-state index contributed by atoms with van der Waals surface area (Å²) in [6.07, 6.45) is 8.26. The lowest BCUT2D eigenvalue weighted by molar-refractivity contribution is -0.128. The summed E-state index contributed by atoms with van der Waals surface area (Å²) in [6.45, 7) is 8.10. The van der Waals surface area contributed by atoms with Gasteiger partial charge < -0.3 is 10.6 Å². The molecule has 1 aromatic rings. The van der Waals surface area contributed by atoms with E-state index in [0.29, 0.717) is 5.92 Å². The number of carbonyl (C=O) groups excluding carboxylic acids is 1. The van der Waals surface area contributed by atoms with Gasteiger partial charge in [0.05, 0.1) is 22.8 Å². The Hall–Kier alpha value is -1.36. The van der Waals surface area contributed by atoms with Crippen molar-refractivity contribution in [3.8, 4) is 0 Å².